The molecule has 0 aliphatic rings. The Morgan fingerprint density at radius 2 is 1.53 bits per heavy atom. The lowest BCUT2D eigenvalue weighted by Gasteiger charge is -2.22. The molecule has 17 heavy (non-hydrogen) atoms. The van der Waals surface area contributed by atoms with E-state index in [1.54, 1.807) is 17.0 Å². The van der Waals surface area contributed by atoms with Gasteiger partial charge in [0, 0.05) is 18.8 Å². The van der Waals surface area contributed by atoms with Gasteiger partial charge < -0.3 is 15.1 Å². The maximum Gasteiger partial charge on any atom is 0.238 e. The Hall–Kier alpha value is -1.15. The van der Waals surface area contributed by atoms with Crippen LogP contribution in [0.25, 0.3) is 0 Å². The maximum atomic E-state index is 11.0. The Morgan fingerprint density at radius 1 is 1.06 bits per heavy atom. The van der Waals surface area contributed by atoms with Crippen LogP contribution in [0.4, 0.5) is 5.69 Å². The van der Waals surface area contributed by atoms with Crippen LogP contribution in [0.3, 0.4) is 0 Å². The molecule has 0 amide bonds. The molecule has 96 valence electrons. The topological polar surface area (TPSA) is 104 Å². The van der Waals surface area contributed by atoms with E-state index in [0.29, 0.717) is 13.1 Å². The van der Waals surface area contributed by atoms with E-state index in [4.69, 9.17) is 15.4 Å². The van der Waals surface area contributed by atoms with Crippen LogP contribution in [0, 0.1) is 0 Å². The van der Waals surface area contributed by atoms with Crippen LogP contribution in [0.5, 0.6) is 0 Å². The number of hydrogen-bond donors (Lipinski definition) is 3. The minimum absolute atomic E-state index is 0.0363. The summed E-state index contributed by atoms with van der Waals surface area (Å²) in [5.74, 6) is 0. The first kappa shape index (κ1) is 13.9. The van der Waals surface area contributed by atoms with E-state index in [0.717, 1.165) is 5.69 Å². The third-order valence-electron chi connectivity index (χ3n) is 2.27. The lowest BCUT2D eigenvalue weighted by Crippen LogP contribution is -2.29. The number of anilines is 1. The average Bonchev–Trinajstić information content (AvgIpc) is 2.28. The molecule has 4 N–H and O–H groups in total. The number of nitrogens with zero attached hydrogens (tertiary/aromatic N) is 1. The molecule has 0 saturated heterocycles. The zero-order valence-electron chi connectivity index (χ0n) is 9.28. The molecule has 7 heteroatoms. The van der Waals surface area contributed by atoms with E-state index in [1.165, 1.54) is 12.1 Å². The predicted octanol–water partition coefficient (Wildman–Crippen LogP) is -0.875. The summed E-state index contributed by atoms with van der Waals surface area (Å²) in [4.78, 5) is 1.78. The number of sulfonamides is 1. The highest BCUT2D eigenvalue weighted by Crippen LogP contribution is 2.16. The van der Waals surface area contributed by atoms with Gasteiger partial charge in [-0.25, -0.2) is 13.6 Å². The van der Waals surface area contributed by atoms with Crippen LogP contribution in [-0.4, -0.2) is 44.9 Å². The second-order valence-corrected chi connectivity index (χ2v) is 5.03. The van der Waals surface area contributed by atoms with Gasteiger partial charge in [0.15, 0.2) is 0 Å². The van der Waals surface area contributed by atoms with E-state index in [9.17, 15) is 8.42 Å². The summed E-state index contributed by atoms with van der Waals surface area (Å²) >= 11 is 0. The average molecular weight is 260 g/mol. The third-order valence-corrected chi connectivity index (χ3v) is 3.20. The first-order valence-corrected chi connectivity index (χ1v) is 6.63. The second-order valence-electron chi connectivity index (χ2n) is 3.47. The molecule has 1 aromatic carbocycles. The van der Waals surface area contributed by atoms with E-state index >= 15 is 0 Å². The molecule has 0 bridgehead atoms. The molecule has 0 aliphatic carbocycles. The van der Waals surface area contributed by atoms with Gasteiger partial charge in [0.05, 0.1) is 18.1 Å². The van der Waals surface area contributed by atoms with Crippen molar-refractivity contribution in [3.8, 4) is 0 Å². The molecule has 0 fully saturated rings. The molecule has 0 atom stereocenters. The summed E-state index contributed by atoms with van der Waals surface area (Å²) in [5, 5.41) is 22.7. The lowest BCUT2D eigenvalue weighted by molar-refractivity contribution is 0.281. The molecule has 0 aromatic heterocycles. The van der Waals surface area contributed by atoms with Crippen LogP contribution >= 0.6 is 0 Å². The van der Waals surface area contributed by atoms with Crippen molar-refractivity contribution in [3.05, 3.63) is 24.3 Å². The summed E-state index contributed by atoms with van der Waals surface area (Å²) < 4.78 is 22.1. The van der Waals surface area contributed by atoms with Crippen LogP contribution in [0.1, 0.15) is 0 Å². The second kappa shape index (κ2) is 5.97. The quantitative estimate of drug-likeness (QED) is 0.616. The van der Waals surface area contributed by atoms with Gasteiger partial charge in [-0.1, -0.05) is 0 Å². The summed E-state index contributed by atoms with van der Waals surface area (Å²) in [6.07, 6.45) is 0. The molecular formula is C10H16N2O4S. The zero-order chi connectivity index (χ0) is 12.9. The maximum absolute atomic E-state index is 11.0. The van der Waals surface area contributed by atoms with Crippen molar-refractivity contribution in [2.45, 2.75) is 4.90 Å². The first-order valence-electron chi connectivity index (χ1n) is 5.08. The number of aliphatic hydroxyl groups excluding tert-OH is 2. The molecule has 0 unspecified atom stereocenters. The monoisotopic (exact) mass is 260 g/mol. The Kier molecular flexibility index (Phi) is 4.88. The third kappa shape index (κ3) is 3.97. The Balaban J connectivity index is 2.91. The minimum Gasteiger partial charge on any atom is -0.395 e. The fraction of sp³-hybridized carbons (Fsp3) is 0.400. The van der Waals surface area contributed by atoms with Gasteiger partial charge >= 0.3 is 0 Å². The van der Waals surface area contributed by atoms with Gasteiger partial charge in [-0.3, -0.25) is 0 Å². The van der Waals surface area contributed by atoms with Crippen molar-refractivity contribution in [1.29, 1.82) is 0 Å². The van der Waals surface area contributed by atoms with Crippen LogP contribution in [-0.2, 0) is 10.0 Å². The van der Waals surface area contributed by atoms with Crippen molar-refractivity contribution in [2.24, 2.45) is 5.14 Å². The normalized spacial score (nSPS) is 11.5. The lowest BCUT2D eigenvalue weighted by atomic mass is 10.3. The zero-order valence-corrected chi connectivity index (χ0v) is 10.1. The molecule has 1 aromatic rings. The van der Waals surface area contributed by atoms with Crippen molar-refractivity contribution in [2.75, 3.05) is 31.2 Å². The molecule has 0 spiro atoms. The SMILES string of the molecule is NS(=O)(=O)c1ccc(N(CCO)CCO)cc1. The number of rotatable bonds is 6. The minimum atomic E-state index is -3.69. The molecule has 0 heterocycles. The molecule has 1 rings (SSSR count). The van der Waals surface area contributed by atoms with Gasteiger partial charge in [-0.05, 0) is 24.3 Å². The number of aliphatic hydroxyl groups is 2. The van der Waals surface area contributed by atoms with Crippen molar-refractivity contribution < 1.29 is 18.6 Å². The van der Waals surface area contributed by atoms with Gasteiger partial charge in [0.25, 0.3) is 0 Å². The van der Waals surface area contributed by atoms with Gasteiger partial charge in [0.1, 0.15) is 0 Å². The van der Waals surface area contributed by atoms with Crippen molar-refractivity contribution in [1.82, 2.24) is 0 Å². The Morgan fingerprint density at radius 3 is 1.88 bits per heavy atom. The van der Waals surface area contributed by atoms with Gasteiger partial charge in [-0.15, -0.1) is 0 Å². The standard InChI is InChI=1S/C10H16N2O4S/c11-17(15,16)10-3-1-9(2-4-10)12(5-7-13)6-8-14/h1-4,13-14H,5-8H2,(H2,11,15,16). The highest BCUT2D eigenvalue weighted by molar-refractivity contribution is 7.89. The largest absolute Gasteiger partial charge is 0.395 e. The van der Waals surface area contributed by atoms with Gasteiger partial charge in [-0.2, -0.15) is 0 Å². The fourth-order valence-electron chi connectivity index (χ4n) is 1.46. The van der Waals surface area contributed by atoms with E-state index in [2.05, 4.69) is 0 Å². The summed E-state index contributed by atoms with van der Waals surface area (Å²) in [6.45, 7) is 0.651. The van der Waals surface area contributed by atoms with Crippen molar-refractivity contribution in [3.63, 3.8) is 0 Å². The number of nitrogens with two attached hydrogens (primary N) is 1. The molecular weight excluding hydrogens is 244 g/mol. The highest BCUT2D eigenvalue weighted by atomic mass is 32.2. The number of hydrogen-bond acceptors (Lipinski definition) is 5. The smallest absolute Gasteiger partial charge is 0.238 e. The van der Waals surface area contributed by atoms with Crippen LogP contribution in [0.2, 0.25) is 0 Å². The Bertz CT molecular complexity index is 438. The van der Waals surface area contributed by atoms with E-state index < -0.39 is 10.0 Å². The Labute approximate surface area is 100 Å². The van der Waals surface area contributed by atoms with Gasteiger partial charge in [0.2, 0.25) is 10.0 Å². The molecule has 6 nitrogen and oxygen atoms in total. The number of benzene rings is 1. The molecule has 0 saturated carbocycles. The fourth-order valence-corrected chi connectivity index (χ4v) is 1.97. The van der Waals surface area contributed by atoms with Crippen LogP contribution < -0.4 is 10.0 Å². The van der Waals surface area contributed by atoms with E-state index in [-0.39, 0.29) is 18.1 Å². The highest BCUT2D eigenvalue weighted by Gasteiger charge is 2.09. The summed E-state index contributed by atoms with van der Waals surface area (Å²) in [7, 11) is -3.69. The molecule has 0 radical (unpaired) electrons. The van der Waals surface area contributed by atoms with Crippen molar-refractivity contribution >= 4 is 15.7 Å². The predicted molar refractivity (Wildman–Crippen MR) is 64.2 cm³/mol. The summed E-state index contributed by atoms with van der Waals surface area (Å²) in [5.41, 5.74) is 0.723. The van der Waals surface area contributed by atoms with E-state index in [1.807, 2.05) is 0 Å². The summed E-state index contributed by atoms with van der Waals surface area (Å²) in [6, 6.07) is 5.97. The molecule has 0 aliphatic heterocycles. The first-order chi connectivity index (χ1) is 7.99. The number of primary sulfonamides is 1. The van der Waals surface area contributed by atoms with Crippen LogP contribution in [0.15, 0.2) is 29.2 Å².